The molecule has 252 valence electrons. The molecule has 0 amide bonds. The number of carbonyl (C=O) groups is 3. The molecule has 0 aromatic carbocycles. The normalized spacial score (nSPS) is 19.9. The van der Waals surface area contributed by atoms with Gasteiger partial charge in [0.1, 0.15) is 6.10 Å². The van der Waals surface area contributed by atoms with Gasteiger partial charge in [-0.3, -0.25) is 9.88 Å². The molecule has 2 saturated heterocycles. The second-order valence-electron chi connectivity index (χ2n) is 9.19. The first-order valence-corrected chi connectivity index (χ1v) is 12.4. The monoisotopic (exact) mass is 667 g/mol. The number of piperidine rings is 1. The molecule has 0 radical (unpaired) electrons. The zero-order valence-electron chi connectivity index (χ0n) is 22.8. The quantitative estimate of drug-likeness (QED) is 0.392. The van der Waals surface area contributed by atoms with Crippen LogP contribution in [0.25, 0.3) is 0 Å². The van der Waals surface area contributed by atoms with Crippen LogP contribution in [0.2, 0.25) is 0 Å². The molecule has 0 aliphatic carbocycles. The summed E-state index contributed by atoms with van der Waals surface area (Å²) in [5.41, 5.74) is 1.19. The van der Waals surface area contributed by atoms with E-state index in [0.29, 0.717) is 12.5 Å². The Hall–Kier alpha value is -4.20. The molecule has 45 heavy (non-hydrogen) atoms. The Morgan fingerprint density at radius 2 is 1.44 bits per heavy atom. The molecule has 4 heterocycles. The highest BCUT2D eigenvalue weighted by molar-refractivity contribution is 5.73. The Morgan fingerprint density at radius 3 is 1.89 bits per heavy atom. The summed E-state index contributed by atoms with van der Waals surface area (Å²) >= 11 is 0. The van der Waals surface area contributed by atoms with Crippen molar-refractivity contribution in [2.75, 3.05) is 19.7 Å². The van der Waals surface area contributed by atoms with Gasteiger partial charge in [-0.2, -0.15) is 39.5 Å². The first-order valence-electron chi connectivity index (χ1n) is 12.4. The van der Waals surface area contributed by atoms with E-state index in [2.05, 4.69) is 20.9 Å². The molecular formula is C25H26F9N3O8. The van der Waals surface area contributed by atoms with Gasteiger partial charge in [0.15, 0.2) is 0 Å². The van der Waals surface area contributed by atoms with E-state index in [1.54, 1.807) is 6.20 Å². The van der Waals surface area contributed by atoms with Crippen LogP contribution in [0, 0.1) is 0 Å². The van der Waals surface area contributed by atoms with E-state index in [9.17, 15) is 39.5 Å². The molecule has 20 heteroatoms. The van der Waals surface area contributed by atoms with E-state index in [1.807, 2.05) is 36.7 Å². The molecule has 3 N–H and O–H groups in total. The van der Waals surface area contributed by atoms with Crippen molar-refractivity contribution in [3.8, 4) is 5.88 Å². The fraction of sp³-hybridized carbons (Fsp3) is 0.480. The van der Waals surface area contributed by atoms with Crippen molar-refractivity contribution in [2.45, 2.75) is 56.0 Å². The maximum atomic E-state index is 10.6. The SMILES string of the molecule is O=C(O)C(F)(F)F.O=C(O)C(F)(F)F.O=C(O)C(F)(F)F.c1ccc(O[C@@H]2CO[C@@]3(CCCN(Cc4cccnc4)C3)C2)nc1. The van der Waals surface area contributed by atoms with Crippen LogP contribution in [0.5, 0.6) is 5.88 Å². The van der Waals surface area contributed by atoms with E-state index in [-0.39, 0.29) is 11.7 Å². The number of likely N-dealkylation sites (tertiary alicyclic amines) is 1. The number of aliphatic carboxylic acids is 3. The highest BCUT2D eigenvalue weighted by Gasteiger charge is 2.44. The van der Waals surface area contributed by atoms with Crippen LogP contribution in [0.4, 0.5) is 39.5 Å². The van der Waals surface area contributed by atoms with Crippen LogP contribution in [0.1, 0.15) is 24.8 Å². The molecule has 2 aliphatic heterocycles. The number of pyridine rings is 2. The molecule has 1 spiro atoms. The lowest BCUT2D eigenvalue weighted by Crippen LogP contribution is -2.47. The number of halogens is 9. The third-order valence-electron chi connectivity index (χ3n) is 5.58. The van der Waals surface area contributed by atoms with Gasteiger partial charge in [0.05, 0.1) is 12.2 Å². The summed E-state index contributed by atoms with van der Waals surface area (Å²) < 4.78 is 107. The molecule has 0 saturated carbocycles. The smallest absolute Gasteiger partial charge is 0.475 e. The Morgan fingerprint density at radius 1 is 0.889 bits per heavy atom. The van der Waals surface area contributed by atoms with Gasteiger partial charge in [-0.05, 0) is 37.1 Å². The topological polar surface area (TPSA) is 159 Å². The minimum atomic E-state index is -5.08. The minimum Gasteiger partial charge on any atom is -0.475 e. The maximum absolute atomic E-state index is 10.6. The van der Waals surface area contributed by atoms with Gasteiger partial charge < -0.3 is 24.8 Å². The lowest BCUT2D eigenvalue weighted by Gasteiger charge is -2.39. The van der Waals surface area contributed by atoms with Crippen LogP contribution in [-0.4, -0.2) is 98.0 Å². The van der Waals surface area contributed by atoms with Gasteiger partial charge in [-0.25, -0.2) is 19.4 Å². The summed E-state index contributed by atoms with van der Waals surface area (Å²) in [4.78, 5) is 37.6. The molecule has 2 fully saturated rings. The Bertz CT molecular complexity index is 1160. The van der Waals surface area contributed by atoms with Gasteiger partial charge in [-0.15, -0.1) is 0 Å². The number of hydrogen-bond donors (Lipinski definition) is 3. The Labute approximate surface area is 248 Å². The van der Waals surface area contributed by atoms with Crippen molar-refractivity contribution in [1.82, 2.24) is 14.9 Å². The first kappa shape index (κ1) is 38.8. The number of aromatic nitrogens is 2. The highest BCUT2D eigenvalue weighted by Crippen LogP contribution is 2.36. The zero-order chi connectivity index (χ0) is 34.5. The average Bonchev–Trinajstić information content (AvgIpc) is 3.30. The fourth-order valence-corrected chi connectivity index (χ4v) is 3.83. The van der Waals surface area contributed by atoms with Gasteiger partial charge >= 0.3 is 36.4 Å². The van der Waals surface area contributed by atoms with Crippen LogP contribution < -0.4 is 4.74 Å². The second kappa shape index (κ2) is 16.8. The van der Waals surface area contributed by atoms with E-state index >= 15 is 0 Å². The van der Waals surface area contributed by atoms with E-state index in [1.165, 1.54) is 5.56 Å². The largest absolute Gasteiger partial charge is 0.490 e. The van der Waals surface area contributed by atoms with Crippen molar-refractivity contribution < 1.29 is 78.7 Å². The van der Waals surface area contributed by atoms with Crippen molar-refractivity contribution in [3.05, 3.63) is 54.5 Å². The summed E-state index contributed by atoms with van der Waals surface area (Å²) in [5, 5.41) is 21.4. The van der Waals surface area contributed by atoms with Gasteiger partial charge in [0.25, 0.3) is 0 Å². The number of alkyl halides is 9. The molecule has 0 bridgehead atoms. The summed E-state index contributed by atoms with van der Waals surface area (Å²) in [7, 11) is 0. The van der Waals surface area contributed by atoms with E-state index in [4.69, 9.17) is 39.2 Å². The number of hydrogen-bond acceptors (Lipinski definition) is 8. The number of ether oxygens (including phenoxy) is 2. The third-order valence-corrected chi connectivity index (χ3v) is 5.58. The molecule has 11 nitrogen and oxygen atoms in total. The predicted molar refractivity (Wildman–Crippen MR) is 132 cm³/mol. The van der Waals surface area contributed by atoms with Crippen molar-refractivity contribution >= 4 is 17.9 Å². The lowest BCUT2D eigenvalue weighted by molar-refractivity contribution is -0.193. The predicted octanol–water partition coefficient (Wildman–Crippen LogP) is 4.58. The lowest BCUT2D eigenvalue weighted by atomic mass is 9.89. The van der Waals surface area contributed by atoms with E-state index < -0.39 is 36.4 Å². The molecule has 4 rings (SSSR count). The maximum Gasteiger partial charge on any atom is 0.490 e. The van der Waals surface area contributed by atoms with Crippen LogP contribution in [-0.2, 0) is 25.7 Å². The number of carboxylic acid groups (broad SMARTS) is 3. The average molecular weight is 667 g/mol. The summed E-state index contributed by atoms with van der Waals surface area (Å²) in [6.07, 6.45) is -6.41. The van der Waals surface area contributed by atoms with Crippen molar-refractivity contribution in [2.24, 2.45) is 0 Å². The number of rotatable bonds is 4. The summed E-state index contributed by atoms with van der Waals surface area (Å²) in [6, 6.07) is 9.89. The molecule has 2 atom stereocenters. The minimum absolute atomic E-state index is 0.0695. The third kappa shape index (κ3) is 15.4. The van der Waals surface area contributed by atoms with Crippen LogP contribution in [0.3, 0.4) is 0 Å². The molecule has 2 aromatic heterocycles. The second-order valence-corrected chi connectivity index (χ2v) is 9.19. The highest BCUT2D eigenvalue weighted by atomic mass is 19.4. The van der Waals surface area contributed by atoms with Gasteiger partial charge in [0, 0.05) is 44.2 Å². The Balaban J connectivity index is 0.000000396. The molecular weight excluding hydrogens is 641 g/mol. The standard InChI is InChI=1S/C19H23N3O2.3C2HF3O2/c1-2-9-21-18(6-1)24-17-11-19(23-14-17)7-4-10-22(15-19)13-16-5-3-8-20-12-16;3*3-2(4,5)1(6)7/h1-3,5-6,8-9,12,17H,4,7,10-11,13-15H2;3*(H,6,7)/t17-,19-;;;/m0.../s1. The van der Waals surface area contributed by atoms with Crippen molar-refractivity contribution in [3.63, 3.8) is 0 Å². The summed E-state index contributed by atoms with van der Waals surface area (Å²) in [6.45, 7) is 3.66. The first-order chi connectivity index (χ1) is 20.6. The number of carboxylic acids is 3. The molecule has 0 unspecified atom stereocenters. The zero-order valence-corrected chi connectivity index (χ0v) is 22.8. The van der Waals surface area contributed by atoms with E-state index in [0.717, 1.165) is 38.9 Å². The fourth-order valence-electron chi connectivity index (χ4n) is 3.83. The van der Waals surface area contributed by atoms with Crippen LogP contribution in [0.15, 0.2) is 48.9 Å². The Kier molecular flexibility index (Phi) is 14.5. The molecule has 2 aromatic rings. The van der Waals surface area contributed by atoms with Gasteiger partial charge in [0.2, 0.25) is 5.88 Å². The van der Waals surface area contributed by atoms with Crippen molar-refractivity contribution in [1.29, 1.82) is 0 Å². The van der Waals surface area contributed by atoms with Gasteiger partial charge in [-0.1, -0.05) is 12.1 Å². The van der Waals surface area contributed by atoms with Crippen LogP contribution >= 0.6 is 0 Å². The molecule has 2 aliphatic rings. The number of nitrogens with zero attached hydrogens (tertiary/aromatic N) is 3. The summed E-state index contributed by atoms with van der Waals surface area (Å²) in [5.74, 6) is -7.58.